The number of hydrogen-bond acceptors (Lipinski definition) is 10. The Balaban J connectivity index is 1.79. The van der Waals surface area contributed by atoms with Gasteiger partial charge in [-0.3, -0.25) is 4.79 Å². The molecule has 1 aromatic carbocycles. The summed E-state index contributed by atoms with van der Waals surface area (Å²) in [6.45, 7) is 4.14. The number of nitrogens with one attached hydrogen (secondary N) is 1. The van der Waals surface area contributed by atoms with E-state index in [1.165, 1.54) is 26.0 Å². The molecule has 1 N–H and O–H groups in total. The van der Waals surface area contributed by atoms with E-state index in [-0.39, 0.29) is 27.1 Å². The van der Waals surface area contributed by atoms with Gasteiger partial charge < -0.3 is 24.1 Å². The molecule has 2 aromatic heterocycles. The van der Waals surface area contributed by atoms with Crippen molar-refractivity contribution in [2.24, 2.45) is 0 Å². The molecule has 0 unspecified atom stereocenters. The first-order valence-electron chi connectivity index (χ1n) is 10.1. The van der Waals surface area contributed by atoms with Crippen LogP contribution >= 0.6 is 23.1 Å². The maximum absolute atomic E-state index is 12.7. The normalized spacial score (nSPS) is 10.6. The molecule has 0 aliphatic carbocycles. The van der Waals surface area contributed by atoms with Crippen LogP contribution in [0.1, 0.15) is 32.5 Å². The molecule has 34 heavy (non-hydrogen) atoms. The van der Waals surface area contributed by atoms with Crippen LogP contribution in [0.25, 0.3) is 11.4 Å². The van der Waals surface area contributed by atoms with Crippen molar-refractivity contribution in [2.45, 2.75) is 25.5 Å². The zero-order valence-electron chi connectivity index (χ0n) is 19.3. The van der Waals surface area contributed by atoms with Crippen LogP contribution in [0.5, 0.6) is 5.75 Å². The third-order valence-electron chi connectivity index (χ3n) is 4.87. The number of nitrogens with zero attached hydrogens (tertiary/aromatic N) is 3. The fourth-order valence-electron chi connectivity index (χ4n) is 3.24. The summed E-state index contributed by atoms with van der Waals surface area (Å²) in [4.78, 5) is 37.2. The Bertz CT molecular complexity index is 1220. The summed E-state index contributed by atoms with van der Waals surface area (Å²) >= 11 is 2.17. The highest BCUT2D eigenvalue weighted by Gasteiger charge is 2.27. The van der Waals surface area contributed by atoms with Gasteiger partial charge in [-0.15, -0.1) is 21.5 Å². The van der Waals surface area contributed by atoms with Crippen LogP contribution < -0.4 is 10.1 Å². The molecular formula is C22H24N4O6S2. The SMILES string of the molecule is CCn1c(SCC(=O)Nc2sc(C(=O)OC)c(C)c2C(=O)OC)nnc1-c1ccccc1OC. The number of thioether (sulfide) groups is 1. The molecule has 0 saturated carbocycles. The van der Waals surface area contributed by atoms with Gasteiger partial charge in [-0.05, 0) is 31.5 Å². The topological polar surface area (TPSA) is 122 Å². The molecule has 0 fully saturated rings. The molecule has 3 rings (SSSR count). The second-order valence-electron chi connectivity index (χ2n) is 6.83. The molecule has 12 heteroatoms. The fraction of sp³-hybridized carbons (Fsp3) is 0.318. The Morgan fingerprint density at radius 3 is 2.44 bits per heavy atom. The van der Waals surface area contributed by atoms with Gasteiger partial charge in [-0.2, -0.15) is 0 Å². The highest BCUT2D eigenvalue weighted by atomic mass is 32.2. The lowest BCUT2D eigenvalue weighted by molar-refractivity contribution is -0.113. The second kappa shape index (κ2) is 11.2. The largest absolute Gasteiger partial charge is 0.496 e. The number of carbonyl (C=O) groups excluding carboxylic acids is 3. The zero-order chi connectivity index (χ0) is 24.8. The Labute approximate surface area is 204 Å². The van der Waals surface area contributed by atoms with Crippen LogP contribution in [0.3, 0.4) is 0 Å². The highest BCUT2D eigenvalue weighted by molar-refractivity contribution is 7.99. The molecule has 2 heterocycles. The van der Waals surface area contributed by atoms with Gasteiger partial charge in [0.15, 0.2) is 11.0 Å². The molecule has 0 spiro atoms. The van der Waals surface area contributed by atoms with Crippen molar-refractivity contribution in [1.29, 1.82) is 0 Å². The molecule has 0 saturated heterocycles. The average molecular weight is 505 g/mol. The Hall–Kier alpha value is -3.38. The van der Waals surface area contributed by atoms with E-state index in [0.717, 1.165) is 16.9 Å². The maximum atomic E-state index is 12.7. The third kappa shape index (κ3) is 5.07. The molecule has 10 nitrogen and oxygen atoms in total. The highest BCUT2D eigenvalue weighted by Crippen LogP contribution is 2.35. The number of anilines is 1. The van der Waals surface area contributed by atoms with Crippen LogP contribution in [0.15, 0.2) is 29.4 Å². The van der Waals surface area contributed by atoms with Crippen LogP contribution in [-0.2, 0) is 20.8 Å². The minimum atomic E-state index is -0.654. The van der Waals surface area contributed by atoms with Crippen molar-refractivity contribution in [3.63, 3.8) is 0 Å². The monoisotopic (exact) mass is 504 g/mol. The van der Waals surface area contributed by atoms with Gasteiger partial charge in [0.05, 0.1) is 38.2 Å². The Morgan fingerprint density at radius 2 is 1.79 bits per heavy atom. The van der Waals surface area contributed by atoms with E-state index in [1.807, 2.05) is 35.8 Å². The third-order valence-corrected chi connectivity index (χ3v) is 7.03. The molecule has 0 bridgehead atoms. The number of rotatable bonds is 9. The number of thiophene rings is 1. The minimum absolute atomic E-state index is 0.00910. The fourth-order valence-corrected chi connectivity index (χ4v) is 5.17. The molecular weight excluding hydrogens is 480 g/mol. The number of carbonyl (C=O) groups is 3. The van der Waals surface area contributed by atoms with E-state index in [9.17, 15) is 14.4 Å². The van der Waals surface area contributed by atoms with E-state index in [2.05, 4.69) is 15.5 Å². The summed E-state index contributed by atoms with van der Waals surface area (Å²) in [5, 5.41) is 12.0. The van der Waals surface area contributed by atoms with Gasteiger partial charge in [0, 0.05) is 6.54 Å². The number of hydrogen-bond donors (Lipinski definition) is 1. The van der Waals surface area contributed by atoms with Crippen molar-refractivity contribution in [1.82, 2.24) is 14.8 Å². The van der Waals surface area contributed by atoms with E-state index in [0.29, 0.717) is 28.8 Å². The van der Waals surface area contributed by atoms with E-state index in [1.54, 1.807) is 14.0 Å². The molecule has 0 aliphatic heterocycles. The van der Waals surface area contributed by atoms with E-state index in [4.69, 9.17) is 14.2 Å². The van der Waals surface area contributed by atoms with E-state index >= 15 is 0 Å². The summed E-state index contributed by atoms with van der Waals surface area (Å²) in [7, 11) is 4.07. The number of aromatic nitrogens is 3. The number of esters is 2. The first-order valence-corrected chi connectivity index (χ1v) is 12.0. The molecule has 0 aliphatic rings. The van der Waals surface area contributed by atoms with Crippen molar-refractivity contribution in [3.8, 4) is 17.1 Å². The molecule has 0 atom stereocenters. The number of amides is 1. The number of ether oxygens (including phenoxy) is 3. The second-order valence-corrected chi connectivity index (χ2v) is 8.79. The van der Waals surface area contributed by atoms with E-state index < -0.39 is 11.9 Å². The summed E-state index contributed by atoms with van der Waals surface area (Å²) in [5.41, 5.74) is 1.31. The van der Waals surface area contributed by atoms with Gasteiger partial charge in [0.2, 0.25) is 5.91 Å². The molecule has 1 amide bonds. The van der Waals surface area contributed by atoms with Crippen molar-refractivity contribution >= 4 is 45.9 Å². The van der Waals surface area contributed by atoms with Crippen molar-refractivity contribution < 1.29 is 28.6 Å². The number of benzene rings is 1. The predicted octanol–water partition coefficient (Wildman–Crippen LogP) is 3.65. The lowest BCUT2D eigenvalue weighted by Gasteiger charge is -2.10. The summed E-state index contributed by atoms with van der Waals surface area (Å²) in [6.07, 6.45) is 0. The van der Waals surface area contributed by atoms with Gasteiger partial charge in [-0.25, -0.2) is 9.59 Å². The molecule has 3 aromatic rings. The lowest BCUT2D eigenvalue weighted by atomic mass is 10.1. The summed E-state index contributed by atoms with van der Waals surface area (Å²) < 4.78 is 16.9. The average Bonchev–Trinajstić information content (AvgIpc) is 3.41. The Kier molecular flexibility index (Phi) is 8.29. The van der Waals surface area contributed by atoms with Crippen molar-refractivity contribution in [2.75, 3.05) is 32.4 Å². The number of para-hydroxylation sites is 1. The summed E-state index contributed by atoms with van der Waals surface area (Å²) in [6, 6.07) is 7.49. The number of methoxy groups -OCH3 is 3. The van der Waals surface area contributed by atoms with Gasteiger partial charge in [-0.1, -0.05) is 23.9 Å². The van der Waals surface area contributed by atoms with Crippen molar-refractivity contribution in [3.05, 3.63) is 40.3 Å². The smallest absolute Gasteiger partial charge is 0.348 e. The summed E-state index contributed by atoms with van der Waals surface area (Å²) in [5.74, 6) is -0.315. The maximum Gasteiger partial charge on any atom is 0.348 e. The molecule has 0 radical (unpaired) electrons. The van der Waals surface area contributed by atoms with Crippen LogP contribution in [0.2, 0.25) is 0 Å². The van der Waals surface area contributed by atoms with Gasteiger partial charge >= 0.3 is 11.9 Å². The van der Waals surface area contributed by atoms with Gasteiger partial charge in [0.1, 0.15) is 15.6 Å². The first-order chi connectivity index (χ1) is 16.4. The zero-order valence-corrected chi connectivity index (χ0v) is 21.0. The van der Waals surface area contributed by atoms with Crippen LogP contribution in [0.4, 0.5) is 5.00 Å². The van der Waals surface area contributed by atoms with Crippen LogP contribution in [0, 0.1) is 6.92 Å². The predicted molar refractivity (Wildman–Crippen MR) is 129 cm³/mol. The Morgan fingerprint density at radius 1 is 1.09 bits per heavy atom. The standard InChI is InChI=1S/C22H24N4O6S2/c1-6-26-18(13-9-7-8-10-14(13)30-3)24-25-22(26)33-11-15(27)23-19-16(20(28)31-4)12(2)17(34-19)21(29)32-5/h7-10H,6,11H2,1-5H3,(H,23,27). The van der Waals surface area contributed by atoms with Crippen LogP contribution in [-0.4, -0.2) is 59.7 Å². The minimum Gasteiger partial charge on any atom is -0.496 e. The molecule has 180 valence electrons. The quantitative estimate of drug-likeness (QED) is 0.344. The van der Waals surface area contributed by atoms with Gasteiger partial charge in [0.25, 0.3) is 0 Å². The first kappa shape index (κ1) is 25.2. The lowest BCUT2D eigenvalue weighted by Crippen LogP contribution is -2.16.